The van der Waals surface area contributed by atoms with Crippen LogP contribution in [0, 0.1) is 35.0 Å². The summed E-state index contributed by atoms with van der Waals surface area (Å²) in [5, 5.41) is 0. The van der Waals surface area contributed by atoms with Gasteiger partial charge in [-0.3, -0.25) is 4.79 Å². The largest absolute Gasteiger partial charge is 0.307 e. The highest BCUT2D eigenvalue weighted by molar-refractivity contribution is 5.91. The average molecular weight is 281 g/mol. The van der Waals surface area contributed by atoms with E-state index in [0.717, 1.165) is 6.92 Å². The fourth-order valence-electron chi connectivity index (χ4n) is 1.57. The zero-order chi connectivity index (χ0) is 14.9. The van der Waals surface area contributed by atoms with Crippen LogP contribution >= 0.6 is 0 Å². The molecule has 1 amide bonds. The number of carbonyl (C=O) groups excluding carboxylic acids is 1. The Morgan fingerprint density at radius 3 is 1.63 bits per heavy atom. The Bertz CT molecular complexity index is 486. The number of carbonyl (C=O) groups is 1. The predicted octanol–water partition coefficient (Wildman–Crippen LogP) is 3.39. The van der Waals surface area contributed by atoms with Gasteiger partial charge >= 0.3 is 0 Å². The Hall–Kier alpha value is -1.66. The molecule has 0 saturated carbocycles. The fraction of sp³-hybridized carbons (Fsp3) is 0.417. The lowest BCUT2D eigenvalue weighted by Gasteiger charge is -2.24. The monoisotopic (exact) mass is 281 g/mol. The zero-order valence-corrected chi connectivity index (χ0v) is 10.5. The topological polar surface area (TPSA) is 20.3 Å². The van der Waals surface area contributed by atoms with Gasteiger partial charge in [-0.25, -0.2) is 22.0 Å². The van der Waals surface area contributed by atoms with Gasteiger partial charge < -0.3 is 4.90 Å². The maximum absolute atomic E-state index is 13.5. The standard InChI is InChI=1S/C12H12F5NO/c1-5(2)4-18(6(3)19)12-10(16)8(14)7(13)9(15)11(12)17/h5H,4H2,1-3H3. The van der Waals surface area contributed by atoms with Crippen LogP contribution in [-0.2, 0) is 4.79 Å². The second-order valence-electron chi connectivity index (χ2n) is 4.44. The van der Waals surface area contributed by atoms with Crippen molar-refractivity contribution in [3.63, 3.8) is 0 Å². The molecule has 1 aromatic rings. The van der Waals surface area contributed by atoms with E-state index in [2.05, 4.69) is 0 Å². The van der Waals surface area contributed by atoms with Crippen LogP contribution in [0.3, 0.4) is 0 Å². The SMILES string of the molecule is CC(=O)N(CC(C)C)c1c(F)c(F)c(F)c(F)c1F. The molecule has 0 aliphatic carbocycles. The third-order valence-electron chi connectivity index (χ3n) is 2.38. The van der Waals surface area contributed by atoms with E-state index in [0.29, 0.717) is 4.90 Å². The molecular weight excluding hydrogens is 269 g/mol. The lowest BCUT2D eigenvalue weighted by atomic mass is 10.1. The van der Waals surface area contributed by atoms with Crippen LogP contribution < -0.4 is 4.90 Å². The van der Waals surface area contributed by atoms with Crippen molar-refractivity contribution in [1.82, 2.24) is 0 Å². The van der Waals surface area contributed by atoms with Crippen molar-refractivity contribution in [2.45, 2.75) is 20.8 Å². The highest BCUT2D eigenvalue weighted by Crippen LogP contribution is 2.30. The predicted molar refractivity (Wildman–Crippen MR) is 59.1 cm³/mol. The summed E-state index contributed by atoms with van der Waals surface area (Å²) >= 11 is 0. The second-order valence-corrected chi connectivity index (χ2v) is 4.44. The highest BCUT2D eigenvalue weighted by atomic mass is 19.2. The molecule has 19 heavy (non-hydrogen) atoms. The van der Waals surface area contributed by atoms with Crippen LogP contribution in [0.25, 0.3) is 0 Å². The van der Waals surface area contributed by atoms with E-state index in [-0.39, 0.29) is 12.5 Å². The summed E-state index contributed by atoms with van der Waals surface area (Å²) in [5.41, 5.74) is -1.21. The first kappa shape index (κ1) is 15.4. The van der Waals surface area contributed by atoms with Gasteiger partial charge in [0.2, 0.25) is 11.7 Å². The van der Waals surface area contributed by atoms with E-state index in [1.807, 2.05) is 0 Å². The van der Waals surface area contributed by atoms with Gasteiger partial charge in [0.05, 0.1) is 0 Å². The van der Waals surface area contributed by atoms with E-state index in [4.69, 9.17) is 0 Å². The Labute approximate surface area is 106 Å². The molecule has 2 nitrogen and oxygen atoms in total. The molecule has 0 saturated heterocycles. The van der Waals surface area contributed by atoms with Crippen LogP contribution in [0.1, 0.15) is 20.8 Å². The molecule has 0 aliphatic rings. The Morgan fingerprint density at radius 1 is 0.947 bits per heavy atom. The van der Waals surface area contributed by atoms with Crippen molar-refractivity contribution in [3.8, 4) is 0 Å². The first-order valence-electron chi connectivity index (χ1n) is 5.48. The van der Waals surface area contributed by atoms with Gasteiger partial charge in [-0.2, -0.15) is 0 Å². The normalized spacial score (nSPS) is 11.0. The van der Waals surface area contributed by atoms with E-state index >= 15 is 0 Å². The lowest BCUT2D eigenvalue weighted by molar-refractivity contribution is -0.116. The minimum absolute atomic E-state index is 0.159. The molecule has 0 N–H and O–H groups in total. The van der Waals surface area contributed by atoms with Crippen molar-refractivity contribution in [2.24, 2.45) is 5.92 Å². The smallest absolute Gasteiger partial charge is 0.224 e. The summed E-state index contributed by atoms with van der Waals surface area (Å²) in [7, 11) is 0. The van der Waals surface area contributed by atoms with Crippen molar-refractivity contribution < 1.29 is 26.7 Å². The lowest BCUT2D eigenvalue weighted by Crippen LogP contribution is -2.34. The number of nitrogens with zero attached hydrogens (tertiary/aromatic N) is 1. The number of hydrogen-bond acceptors (Lipinski definition) is 1. The summed E-state index contributed by atoms with van der Waals surface area (Å²) in [6.45, 7) is 4.11. The molecule has 0 aromatic heterocycles. The van der Waals surface area contributed by atoms with Gasteiger partial charge in [0.15, 0.2) is 23.3 Å². The van der Waals surface area contributed by atoms with Crippen molar-refractivity contribution in [3.05, 3.63) is 29.1 Å². The van der Waals surface area contributed by atoms with E-state index in [9.17, 15) is 26.7 Å². The molecule has 0 unspecified atom stereocenters. The van der Waals surface area contributed by atoms with Crippen molar-refractivity contribution >= 4 is 11.6 Å². The van der Waals surface area contributed by atoms with Crippen LogP contribution in [0.4, 0.5) is 27.6 Å². The summed E-state index contributed by atoms with van der Waals surface area (Å²) in [4.78, 5) is 11.9. The van der Waals surface area contributed by atoms with Crippen molar-refractivity contribution in [2.75, 3.05) is 11.4 Å². The van der Waals surface area contributed by atoms with Crippen LogP contribution in [0.2, 0.25) is 0 Å². The van der Waals surface area contributed by atoms with Gasteiger partial charge in [-0.15, -0.1) is 0 Å². The zero-order valence-electron chi connectivity index (χ0n) is 10.5. The van der Waals surface area contributed by atoms with Crippen LogP contribution in [0.5, 0.6) is 0 Å². The molecule has 0 atom stereocenters. The van der Waals surface area contributed by atoms with E-state index in [1.165, 1.54) is 0 Å². The molecule has 0 fully saturated rings. The maximum Gasteiger partial charge on any atom is 0.224 e. The molecule has 106 valence electrons. The average Bonchev–Trinajstić information content (AvgIpc) is 2.32. The summed E-state index contributed by atoms with van der Waals surface area (Å²) in [6, 6.07) is 0. The first-order chi connectivity index (χ1) is 8.68. The van der Waals surface area contributed by atoms with Gasteiger partial charge in [0.25, 0.3) is 0 Å². The van der Waals surface area contributed by atoms with Gasteiger partial charge in [0, 0.05) is 13.5 Å². The third kappa shape index (κ3) is 2.85. The summed E-state index contributed by atoms with van der Waals surface area (Å²) < 4.78 is 66.1. The Balaban J connectivity index is 3.51. The Kier molecular flexibility index (Phi) is 4.49. The molecule has 7 heteroatoms. The Morgan fingerprint density at radius 2 is 1.32 bits per heavy atom. The van der Waals surface area contributed by atoms with Crippen LogP contribution in [0.15, 0.2) is 0 Å². The summed E-state index contributed by atoms with van der Waals surface area (Å²) in [5.74, 6) is -11.4. The molecule has 0 heterocycles. The van der Waals surface area contributed by atoms with Gasteiger partial charge in [0.1, 0.15) is 5.69 Å². The fourth-order valence-corrected chi connectivity index (χ4v) is 1.57. The number of rotatable bonds is 3. The number of benzene rings is 1. The molecule has 0 radical (unpaired) electrons. The molecule has 0 aliphatic heterocycles. The molecule has 0 bridgehead atoms. The number of halogens is 5. The summed E-state index contributed by atoms with van der Waals surface area (Å²) in [6.07, 6.45) is 0. The molecule has 1 rings (SSSR count). The molecule has 1 aromatic carbocycles. The molecule has 0 spiro atoms. The second kappa shape index (κ2) is 5.54. The number of hydrogen-bond donors (Lipinski definition) is 0. The van der Waals surface area contributed by atoms with Crippen LogP contribution in [-0.4, -0.2) is 12.5 Å². The van der Waals surface area contributed by atoms with E-state index in [1.54, 1.807) is 13.8 Å². The minimum atomic E-state index is -2.24. The minimum Gasteiger partial charge on any atom is -0.307 e. The maximum atomic E-state index is 13.5. The highest BCUT2D eigenvalue weighted by Gasteiger charge is 2.30. The quantitative estimate of drug-likeness (QED) is 0.472. The van der Waals surface area contributed by atoms with Gasteiger partial charge in [-0.05, 0) is 5.92 Å². The number of anilines is 1. The van der Waals surface area contributed by atoms with Gasteiger partial charge in [-0.1, -0.05) is 13.8 Å². The number of amides is 1. The third-order valence-corrected chi connectivity index (χ3v) is 2.38. The van der Waals surface area contributed by atoms with Crippen molar-refractivity contribution in [1.29, 1.82) is 0 Å². The first-order valence-corrected chi connectivity index (χ1v) is 5.48. The molecular formula is C12H12F5NO. The van der Waals surface area contributed by atoms with E-state index < -0.39 is 40.7 Å².